The molecule has 170 valence electrons. The molecule has 1 aromatic heterocycles. The Kier molecular flexibility index (Phi) is 6.21. The molecule has 8 nitrogen and oxygen atoms in total. The maximum absolute atomic E-state index is 12.7. The van der Waals surface area contributed by atoms with E-state index in [4.69, 9.17) is 9.47 Å². The van der Waals surface area contributed by atoms with Crippen LogP contribution in [-0.4, -0.2) is 33.1 Å². The van der Waals surface area contributed by atoms with Crippen molar-refractivity contribution in [3.8, 4) is 11.5 Å². The first-order chi connectivity index (χ1) is 15.8. The number of rotatable bonds is 6. The van der Waals surface area contributed by atoms with Crippen LogP contribution in [0.2, 0.25) is 0 Å². The summed E-state index contributed by atoms with van der Waals surface area (Å²) in [7, 11) is 1.24. The van der Waals surface area contributed by atoms with Crippen LogP contribution in [0.25, 0.3) is 10.2 Å². The van der Waals surface area contributed by atoms with E-state index in [-0.39, 0.29) is 4.90 Å². The van der Waals surface area contributed by atoms with Crippen molar-refractivity contribution in [3.05, 3.63) is 77.1 Å². The molecule has 0 atom stereocenters. The second-order valence-electron chi connectivity index (χ2n) is 7.03. The molecule has 0 saturated carbocycles. The van der Waals surface area contributed by atoms with Crippen molar-refractivity contribution in [1.29, 1.82) is 0 Å². The first-order valence-corrected chi connectivity index (χ1v) is 12.1. The highest BCUT2D eigenvalue weighted by Crippen LogP contribution is 2.33. The summed E-state index contributed by atoms with van der Waals surface area (Å²) in [5, 5.41) is 0. The Hall–Kier alpha value is -3.63. The zero-order valence-corrected chi connectivity index (χ0v) is 19.7. The molecule has 1 amide bonds. The lowest BCUT2D eigenvalue weighted by atomic mass is 10.2. The third-order valence-corrected chi connectivity index (χ3v) is 7.44. The number of thiazole rings is 1. The summed E-state index contributed by atoms with van der Waals surface area (Å²) in [6, 6.07) is 17.9. The highest BCUT2D eigenvalue weighted by molar-refractivity contribution is 7.92. The summed E-state index contributed by atoms with van der Waals surface area (Å²) in [5.74, 6) is 0.747. The largest absolute Gasteiger partial charge is 0.493 e. The number of nitrogens with zero attached hydrogens (tertiary/aromatic N) is 2. The Morgan fingerprint density at radius 2 is 1.61 bits per heavy atom. The van der Waals surface area contributed by atoms with Gasteiger partial charge < -0.3 is 14.0 Å². The fourth-order valence-corrected chi connectivity index (χ4v) is 5.31. The second-order valence-corrected chi connectivity index (χ2v) is 9.72. The maximum Gasteiger partial charge on any atom is 0.279 e. The minimum atomic E-state index is -3.71. The van der Waals surface area contributed by atoms with Gasteiger partial charge in [0.1, 0.15) is 0 Å². The van der Waals surface area contributed by atoms with Gasteiger partial charge in [0.25, 0.3) is 15.9 Å². The molecule has 0 unspecified atom stereocenters. The zero-order valence-electron chi connectivity index (χ0n) is 18.1. The molecule has 1 heterocycles. The number of carbonyl (C=O) groups excluding carboxylic acids is 1. The molecule has 0 spiro atoms. The number of ether oxygens (including phenoxy) is 2. The number of anilines is 1. The lowest BCUT2D eigenvalue weighted by molar-refractivity contribution is 0.0998. The Bertz CT molecular complexity index is 1490. The van der Waals surface area contributed by atoms with Crippen LogP contribution in [0.15, 0.2) is 76.6 Å². The number of aromatic nitrogens is 1. The fourth-order valence-electron chi connectivity index (χ4n) is 3.21. The molecule has 0 aliphatic rings. The van der Waals surface area contributed by atoms with Gasteiger partial charge in [-0.25, -0.2) is 8.42 Å². The lowest BCUT2D eigenvalue weighted by Gasteiger charge is -2.08. The smallest absolute Gasteiger partial charge is 0.279 e. The van der Waals surface area contributed by atoms with Gasteiger partial charge in [-0.1, -0.05) is 29.5 Å². The van der Waals surface area contributed by atoms with E-state index >= 15 is 0 Å². The van der Waals surface area contributed by atoms with Crippen molar-refractivity contribution in [1.82, 2.24) is 4.57 Å². The average molecular weight is 484 g/mol. The number of amides is 1. The van der Waals surface area contributed by atoms with Gasteiger partial charge in [-0.05, 0) is 36.4 Å². The number of carbonyl (C=O) groups is 1. The van der Waals surface area contributed by atoms with Crippen LogP contribution in [0.3, 0.4) is 0 Å². The summed E-state index contributed by atoms with van der Waals surface area (Å²) in [5.41, 5.74) is 1.54. The predicted octanol–water partition coefficient (Wildman–Crippen LogP) is 3.80. The van der Waals surface area contributed by atoms with Gasteiger partial charge in [0.2, 0.25) is 0 Å². The van der Waals surface area contributed by atoms with Gasteiger partial charge in [0.05, 0.1) is 29.3 Å². The van der Waals surface area contributed by atoms with Gasteiger partial charge >= 0.3 is 0 Å². The number of benzene rings is 3. The van der Waals surface area contributed by atoms with Crippen molar-refractivity contribution in [2.75, 3.05) is 18.9 Å². The molecule has 4 rings (SSSR count). The third-order valence-electron chi connectivity index (χ3n) is 4.95. The van der Waals surface area contributed by atoms with E-state index in [1.165, 1.54) is 47.7 Å². The van der Waals surface area contributed by atoms with Gasteiger partial charge in [0.15, 0.2) is 16.3 Å². The maximum atomic E-state index is 12.7. The first kappa shape index (κ1) is 22.6. The van der Waals surface area contributed by atoms with Gasteiger partial charge in [-0.2, -0.15) is 4.99 Å². The molecule has 4 aromatic rings. The van der Waals surface area contributed by atoms with Crippen LogP contribution in [-0.2, 0) is 17.1 Å². The summed E-state index contributed by atoms with van der Waals surface area (Å²) in [6.45, 7) is 0. The third kappa shape index (κ3) is 4.62. The van der Waals surface area contributed by atoms with E-state index in [1.807, 2.05) is 23.7 Å². The molecular weight excluding hydrogens is 462 g/mol. The number of nitrogens with one attached hydrogen (secondary N) is 1. The minimum Gasteiger partial charge on any atom is -0.493 e. The van der Waals surface area contributed by atoms with E-state index in [2.05, 4.69) is 9.71 Å². The summed E-state index contributed by atoms with van der Waals surface area (Å²) in [6.07, 6.45) is 0. The van der Waals surface area contributed by atoms with Crippen molar-refractivity contribution < 1.29 is 22.7 Å². The Labute approximate surface area is 194 Å². The summed E-state index contributed by atoms with van der Waals surface area (Å²) < 4.78 is 40.8. The first-order valence-electron chi connectivity index (χ1n) is 9.81. The van der Waals surface area contributed by atoms with Gasteiger partial charge in [-0.15, -0.1) is 0 Å². The van der Waals surface area contributed by atoms with Crippen molar-refractivity contribution in [3.63, 3.8) is 0 Å². The molecule has 33 heavy (non-hydrogen) atoms. The number of methoxy groups -OCH3 is 2. The number of hydrogen-bond donors (Lipinski definition) is 1. The van der Waals surface area contributed by atoms with E-state index in [9.17, 15) is 13.2 Å². The lowest BCUT2D eigenvalue weighted by Crippen LogP contribution is -2.14. The molecular formula is C23H21N3O5S2. The van der Waals surface area contributed by atoms with E-state index in [0.717, 1.165) is 10.2 Å². The molecule has 0 radical (unpaired) electrons. The van der Waals surface area contributed by atoms with Crippen molar-refractivity contribution in [2.24, 2.45) is 12.0 Å². The predicted molar refractivity (Wildman–Crippen MR) is 127 cm³/mol. The van der Waals surface area contributed by atoms with Crippen LogP contribution in [0.4, 0.5) is 5.69 Å². The van der Waals surface area contributed by atoms with Crippen LogP contribution >= 0.6 is 11.3 Å². The molecule has 1 N–H and O–H groups in total. The summed E-state index contributed by atoms with van der Waals surface area (Å²) >= 11 is 1.35. The monoisotopic (exact) mass is 483 g/mol. The highest BCUT2D eigenvalue weighted by Gasteiger charge is 2.15. The molecule has 10 heteroatoms. The minimum absolute atomic E-state index is 0.158. The fraction of sp³-hybridized carbons (Fsp3) is 0.130. The Morgan fingerprint density at radius 3 is 2.24 bits per heavy atom. The molecule has 0 saturated heterocycles. The second kappa shape index (κ2) is 9.08. The number of hydrogen-bond acceptors (Lipinski definition) is 6. The Morgan fingerprint density at radius 1 is 0.970 bits per heavy atom. The van der Waals surface area contributed by atoms with Crippen LogP contribution < -0.4 is 19.0 Å². The van der Waals surface area contributed by atoms with Gasteiger partial charge in [-0.3, -0.25) is 9.52 Å². The van der Waals surface area contributed by atoms with Crippen LogP contribution in [0.1, 0.15) is 10.4 Å². The molecule has 3 aromatic carbocycles. The molecule has 0 bridgehead atoms. The van der Waals surface area contributed by atoms with Gasteiger partial charge in [0, 0.05) is 30.4 Å². The SMILES string of the molecule is COc1cc2sc(=NC(=O)c3ccc(NS(=O)(=O)c4ccccc4)cc3)n(C)c2cc1OC. The van der Waals surface area contributed by atoms with Crippen LogP contribution in [0.5, 0.6) is 11.5 Å². The zero-order chi connectivity index (χ0) is 23.6. The topological polar surface area (TPSA) is 99.0 Å². The normalized spacial score (nSPS) is 12.0. The van der Waals surface area contributed by atoms with Crippen molar-refractivity contribution >= 4 is 43.2 Å². The van der Waals surface area contributed by atoms with E-state index in [1.54, 1.807) is 32.4 Å². The Balaban J connectivity index is 1.60. The number of sulfonamides is 1. The number of fused-ring (bicyclic) bond motifs is 1. The van der Waals surface area contributed by atoms with E-state index < -0.39 is 15.9 Å². The standard InChI is InChI=1S/C23H21N3O5S2/c1-26-18-13-19(30-2)20(31-3)14-21(18)32-23(26)24-22(27)15-9-11-16(12-10-15)25-33(28,29)17-7-5-4-6-8-17/h4-14,25H,1-3H3. The van der Waals surface area contributed by atoms with E-state index in [0.29, 0.717) is 27.6 Å². The average Bonchev–Trinajstić information content (AvgIpc) is 3.13. The quantitative estimate of drug-likeness (QED) is 0.450. The highest BCUT2D eigenvalue weighted by atomic mass is 32.2. The summed E-state index contributed by atoms with van der Waals surface area (Å²) in [4.78, 5) is 17.7. The van der Waals surface area contributed by atoms with Crippen molar-refractivity contribution in [2.45, 2.75) is 4.90 Å². The number of aryl methyl sites for hydroxylation is 1. The molecule has 0 aliphatic carbocycles. The van der Waals surface area contributed by atoms with Crippen LogP contribution in [0, 0.1) is 0 Å². The molecule has 0 aliphatic heterocycles. The molecule has 0 fully saturated rings.